The Hall–Kier alpha value is -1.20. The van der Waals surface area contributed by atoms with Gasteiger partial charge >= 0.3 is 6.18 Å². The fourth-order valence-electron chi connectivity index (χ4n) is 2.36. The third-order valence-corrected chi connectivity index (χ3v) is 7.14. The highest BCUT2D eigenvalue weighted by atomic mass is 35.5. The van der Waals surface area contributed by atoms with Crippen molar-refractivity contribution in [2.24, 2.45) is 0 Å². The Bertz CT molecular complexity index is 1040. The Morgan fingerprint density at radius 1 is 1.21 bits per heavy atom. The van der Waals surface area contributed by atoms with Crippen molar-refractivity contribution in [3.63, 3.8) is 0 Å². The lowest BCUT2D eigenvalue weighted by Crippen LogP contribution is -2.41. The predicted octanol–water partition coefficient (Wildman–Crippen LogP) is 5.42. The van der Waals surface area contributed by atoms with E-state index >= 15 is 0 Å². The molecule has 2 heterocycles. The number of nitrogens with zero attached hydrogens (tertiary/aromatic N) is 3. The van der Waals surface area contributed by atoms with Crippen molar-refractivity contribution >= 4 is 50.5 Å². The Balaban J connectivity index is 2.21. The fraction of sp³-hybridized carbons (Fsp3) is 0.375. The van der Waals surface area contributed by atoms with E-state index in [2.05, 4.69) is 14.8 Å². The topological polar surface area (TPSA) is 59.3 Å². The van der Waals surface area contributed by atoms with Crippen LogP contribution in [0.3, 0.4) is 0 Å². The summed E-state index contributed by atoms with van der Waals surface area (Å²) in [5.74, 6) is 0. The third-order valence-electron chi connectivity index (χ3n) is 3.73. The minimum absolute atomic E-state index is 0.112. The average molecular weight is 471 g/mol. The molecule has 0 saturated heterocycles. The molecule has 0 spiro atoms. The molecular weight excluding hydrogens is 456 g/mol. The molecule has 0 unspecified atom stereocenters. The molecule has 0 amide bonds. The van der Waals surface area contributed by atoms with Gasteiger partial charge in [-0.25, -0.2) is 18.4 Å². The van der Waals surface area contributed by atoms with E-state index in [9.17, 15) is 17.4 Å². The quantitative estimate of drug-likeness (QED) is 0.553. The van der Waals surface area contributed by atoms with E-state index in [0.717, 1.165) is 11.3 Å². The van der Waals surface area contributed by atoms with Gasteiger partial charge in [-0.05, 0) is 32.9 Å². The summed E-state index contributed by atoms with van der Waals surface area (Å²) in [5, 5.41) is 4.50. The van der Waals surface area contributed by atoms with Crippen molar-refractivity contribution in [2.75, 3.05) is 0 Å². The molecule has 0 saturated carbocycles. The lowest BCUT2D eigenvalue weighted by Gasteiger charge is -2.25. The van der Waals surface area contributed by atoms with Crippen LogP contribution >= 0.6 is 34.5 Å². The second-order valence-corrected chi connectivity index (χ2v) is 10.7. The highest BCUT2D eigenvalue weighted by Gasteiger charge is 2.46. The van der Waals surface area contributed by atoms with Gasteiger partial charge in [-0.3, -0.25) is 0 Å². The van der Waals surface area contributed by atoms with Crippen molar-refractivity contribution in [3.8, 4) is 11.3 Å². The molecule has 0 fully saturated rings. The summed E-state index contributed by atoms with van der Waals surface area (Å²) < 4.78 is 56.9. The zero-order chi connectivity index (χ0) is 20.9. The number of benzene rings is 1. The molecule has 2 aromatic heterocycles. The molecule has 0 aliphatic heterocycles. The van der Waals surface area contributed by atoms with Crippen LogP contribution in [-0.2, 0) is 11.0 Å². The molecule has 0 radical (unpaired) electrons. The largest absolute Gasteiger partial charge is 0.409 e. The lowest BCUT2D eigenvalue weighted by molar-refractivity contribution is -0.152. The number of thiazole rings is 1. The molecule has 0 bridgehead atoms. The van der Waals surface area contributed by atoms with Gasteiger partial charge in [-0.15, -0.1) is 0 Å². The van der Waals surface area contributed by atoms with Gasteiger partial charge in [0.05, 0.1) is 36.3 Å². The number of aromatic nitrogens is 3. The van der Waals surface area contributed by atoms with Crippen LogP contribution in [-0.4, -0.2) is 29.7 Å². The predicted molar refractivity (Wildman–Crippen MR) is 106 cm³/mol. The van der Waals surface area contributed by atoms with Gasteiger partial charge in [0.25, 0.3) is 0 Å². The fourth-order valence-corrected chi connectivity index (χ4v) is 4.69. The zero-order valence-corrected chi connectivity index (χ0v) is 18.0. The maximum atomic E-state index is 13.9. The maximum Gasteiger partial charge on any atom is 0.409 e. The van der Waals surface area contributed by atoms with Crippen molar-refractivity contribution in [1.29, 1.82) is 0 Å². The first-order valence-electron chi connectivity index (χ1n) is 7.92. The summed E-state index contributed by atoms with van der Waals surface area (Å²) in [7, 11) is -1.96. The number of nitrogens with one attached hydrogen (secondary N) is 1. The van der Waals surface area contributed by atoms with E-state index in [1.807, 2.05) is 0 Å². The number of fused-ring (bicyclic) bond motifs is 1. The van der Waals surface area contributed by atoms with Crippen LogP contribution in [0.15, 0.2) is 24.5 Å². The first-order chi connectivity index (χ1) is 12.9. The Kier molecular flexibility index (Phi) is 5.81. The van der Waals surface area contributed by atoms with Crippen LogP contribution < -0.4 is 4.72 Å². The van der Waals surface area contributed by atoms with Crippen LogP contribution in [0.4, 0.5) is 13.2 Å². The van der Waals surface area contributed by atoms with E-state index < -0.39 is 28.0 Å². The van der Waals surface area contributed by atoms with Gasteiger partial charge < -0.3 is 0 Å². The van der Waals surface area contributed by atoms with E-state index in [1.54, 1.807) is 26.8 Å². The standard InChI is InChI=1S/C16H15Cl2F3N4OS2/c1-15(2,3)28(26)24-13(16(19,20)21)12-11(25-14(27-12)22-7-23-25)8-4-5-9(17)10(18)6-8/h4-7,13,24H,1-3H3/t13-,28-/m0/s1. The van der Waals surface area contributed by atoms with E-state index in [-0.39, 0.29) is 25.6 Å². The van der Waals surface area contributed by atoms with Gasteiger partial charge in [0, 0.05) is 5.56 Å². The maximum absolute atomic E-state index is 13.9. The summed E-state index contributed by atoms with van der Waals surface area (Å²) in [6.07, 6.45) is -3.45. The number of halogens is 5. The first-order valence-corrected chi connectivity index (χ1v) is 10.6. The van der Waals surface area contributed by atoms with Crippen molar-refractivity contribution in [2.45, 2.75) is 37.7 Å². The molecule has 152 valence electrons. The first kappa shape index (κ1) is 21.5. The second-order valence-electron chi connectivity index (χ2n) is 6.87. The molecule has 3 rings (SSSR count). The molecule has 5 nitrogen and oxygen atoms in total. The van der Waals surface area contributed by atoms with Gasteiger partial charge in [0.15, 0.2) is 6.04 Å². The van der Waals surface area contributed by atoms with Gasteiger partial charge in [0.2, 0.25) is 4.96 Å². The van der Waals surface area contributed by atoms with E-state index in [1.165, 1.54) is 23.0 Å². The summed E-state index contributed by atoms with van der Waals surface area (Å²) in [4.78, 5) is 4.16. The van der Waals surface area contributed by atoms with Crippen LogP contribution in [0.2, 0.25) is 10.0 Å². The number of rotatable bonds is 4. The molecule has 1 aromatic carbocycles. The molecule has 12 heteroatoms. The lowest BCUT2D eigenvalue weighted by atomic mass is 10.1. The minimum atomic E-state index is -4.70. The monoisotopic (exact) mass is 470 g/mol. The highest BCUT2D eigenvalue weighted by molar-refractivity contribution is 7.84. The summed E-state index contributed by atoms with van der Waals surface area (Å²) >= 11 is 12.8. The zero-order valence-electron chi connectivity index (χ0n) is 14.8. The summed E-state index contributed by atoms with van der Waals surface area (Å²) in [6, 6.07) is 2.33. The van der Waals surface area contributed by atoms with Crippen molar-refractivity contribution in [1.82, 2.24) is 19.3 Å². The van der Waals surface area contributed by atoms with Gasteiger partial charge in [0.1, 0.15) is 6.33 Å². The average Bonchev–Trinajstić information content (AvgIpc) is 3.13. The van der Waals surface area contributed by atoms with Crippen LogP contribution in [0.5, 0.6) is 0 Å². The number of hydrogen-bond donors (Lipinski definition) is 1. The Morgan fingerprint density at radius 2 is 1.89 bits per heavy atom. The SMILES string of the molecule is CC(C)(C)[S@](=O)N[C@@H](c1sc2ncnn2c1-c1ccc(Cl)c(Cl)c1)C(F)(F)F. The molecule has 0 aliphatic carbocycles. The van der Waals surface area contributed by atoms with Crippen molar-refractivity contribution < 1.29 is 17.4 Å². The molecule has 28 heavy (non-hydrogen) atoms. The van der Waals surface area contributed by atoms with Crippen LogP contribution in [0, 0.1) is 0 Å². The molecule has 2 atom stereocenters. The van der Waals surface area contributed by atoms with Crippen molar-refractivity contribution in [3.05, 3.63) is 39.4 Å². The summed E-state index contributed by atoms with van der Waals surface area (Å²) in [6.45, 7) is 4.77. The summed E-state index contributed by atoms with van der Waals surface area (Å²) in [5.41, 5.74) is 0.551. The molecule has 0 aliphatic rings. The molecular formula is C16H15Cl2F3N4OS2. The normalized spacial score (nSPS) is 15.1. The van der Waals surface area contributed by atoms with E-state index in [4.69, 9.17) is 23.2 Å². The molecule has 1 N–H and O–H groups in total. The van der Waals surface area contributed by atoms with Crippen LogP contribution in [0.25, 0.3) is 16.2 Å². The van der Waals surface area contributed by atoms with Gasteiger partial charge in [-0.2, -0.15) is 18.3 Å². The molecule has 3 aromatic rings. The van der Waals surface area contributed by atoms with Crippen LogP contribution in [0.1, 0.15) is 31.7 Å². The Labute approximate surface area is 175 Å². The van der Waals surface area contributed by atoms with Gasteiger partial charge in [-0.1, -0.05) is 40.6 Å². The smallest absolute Gasteiger partial charge is 0.242 e. The van der Waals surface area contributed by atoms with E-state index in [0.29, 0.717) is 5.56 Å². The Morgan fingerprint density at radius 3 is 2.46 bits per heavy atom. The second kappa shape index (κ2) is 7.56. The highest BCUT2D eigenvalue weighted by Crippen LogP contribution is 2.43. The number of alkyl halides is 3. The number of hydrogen-bond acceptors (Lipinski definition) is 4. The third kappa shape index (κ3) is 4.20. The minimum Gasteiger partial charge on any atom is -0.242 e.